The summed E-state index contributed by atoms with van der Waals surface area (Å²) in [6.07, 6.45) is 0.130. The van der Waals surface area contributed by atoms with Crippen LogP contribution in [0.5, 0.6) is 11.9 Å². The van der Waals surface area contributed by atoms with Crippen molar-refractivity contribution in [2.45, 2.75) is 50.5 Å². The van der Waals surface area contributed by atoms with Crippen molar-refractivity contribution in [3.63, 3.8) is 0 Å². The lowest BCUT2D eigenvalue weighted by Crippen LogP contribution is -2.22. The molecule has 11 heteroatoms. The first-order chi connectivity index (χ1) is 18.3. The number of nitrogens with one attached hydrogen (secondary N) is 1. The minimum Gasteiger partial charge on any atom is -0.481 e. The molecule has 1 aliphatic carbocycles. The van der Waals surface area contributed by atoms with Gasteiger partial charge >= 0.3 is 6.01 Å². The van der Waals surface area contributed by atoms with Crippen LogP contribution in [-0.2, 0) is 10.2 Å². The summed E-state index contributed by atoms with van der Waals surface area (Å²) in [4.78, 5) is 13.6. The number of nitrogens with zero attached hydrogens (tertiary/aromatic N) is 4. The van der Waals surface area contributed by atoms with Gasteiger partial charge in [0.1, 0.15) is 11.6 Å². The summed E-state index contributed by atoms with van der Waals surface area (Å²) in [6.45, 7) is 3.38. The maximum Gasteiger partial charge on any atom is 0.320 e. The number of ether oxygens (including phenoxy) is 3. The molecule has 3 aromatic rings. The maximum absolute atomic E-state index is 14.9. The molecule has 0 spiro atoms. The Morgan fingerprint density at radius 2 is 1.92 bits per heavy atom. The molecule has 200 valence electrons. The molecule has 2 aromatic heterocycles. The molecule has 0 bridgehead atoms. The summed E-state index contributed by atoms with van der Waals surface area (Å²) in [7, 11) is 1.48. The lowest BCUT2D eigenvalue weighted by Gasteiger charge is -2.22. The van der Waals surface area contributed by atoms with Crippen molar-refractivity contribution in [1.82, 2.24) is 15.0 Å². The lowest BCUT2D eigenvalue weighted by atomic mass is 9.97. The van der Waals surface area contributed by atoms with E-state index in [4.69, 9.17) is 14.2 Å². The Labute approximate surface area is 218 Å². The average Bonchev–Trinajstić information content (AvgIpc) is 3.73. The van der Waals surface area contributed by atoms with Gasteiger partial charge < -0.3 is 19.5 Å². The maximum atomic E-state index is 14.9. The molecule has 8 nitrogen and oxygen atoms in total. The molecule has 1 aromatic carbocycles. The van der Waals surface area contributed by atoms with Crippen LogP contribution in [0.15, 0.2) is 24.3 Å². The highest BCUT2D eigenvalue weighted by Gasteiger charge is 2.47. The molecule has 1 saturated carbocycles. The number of hydrogen-bond donors (Lipinski definition) is 1. The number of benzene rings is 1. The van der Waals surface area contributed by atoms with Crippen molar-refractivity contribution in [1.29, 1.82) is 5.26 Å². The molecule has 0 radical (unpaired) electrons. The number of fused-ring (bicyclic) bond motifs is 1. The van der Waals surface area contributed by atoms with Crippen molar-refractivity contribution >= 4 is 16.9 Å². The van der Waals surface area contributed by atoms with Crippen LogP contribution in [0.4, 0.5) is 19.0 Å². The highest BCUT2D eigenvalue weighted by molar-refractivity contribution is 5.88. The molecule has 3 heterocycles. The van der Waals surface area contributed by atoms with E-state index in [1.165, 1.54) is 19.2 Å². The van der Waals surface area contributed by atoms with E-state index in [9.17, 15) is 18.4 Å². The third-order valence-electron chi connectivity index (χ3n) is 7.21. The van der Waals surface area contributed by atoms with Crippen LogP contribution in [0.25, 0.3) is 11.0 Å². The topological polar surface area (TPSA) is 102 Å². The van der Waals surface area contributed by atoms with E-state index in [1.54, 1.807) is 13.0 Å². The second-order valence-electron chi connectivity index (χ2n) is 9.75. The molecule has 1 saturated heterocycles. The summed E-state index contributed by atoms with van der Waals surface area (Å²) >= 11 is 0. The molecule has 38 heavy (non-hydrogen) atoms. The zero-order chi connectivity index (χ0) is 26.9. The summed E-state index contributed by atoms with van der Waals surface area (Å²) in [5.74, 6) is -0.102. The van der Waals surface area contributed by atoms with Gasteiger partial charge in [0.2, 0.25) is 5.88 Å². The standard InChI is InChI=1S/C27H28F3N5O3/c1-15(17-4-3-5-18(21(17)28)22(29)30)32-23-19-12-20(27(14-31)8-9-27)25(36-2)33-24(19)35-26(34-23)38-13-16-6-10-37-11-7-16/h3-5,12,15-16,22H,6-11,13H2,1-2H3,(H,32,33,34,35)/t15-/m1/s1. The second-order valence-corrected chi connectivity index (χ2v) is 9.75. The van der Waals surface area contributed by atoms with Gasteiger partial charge in [-0.3, -0.25) is 0 Å². The Morgan fingerprint density at radius 3 is 2.58 bits per heavy atom. The molecular formula is C27H28F3N5O3. The number of nitriles is 1. The van der Waals surface area contributed by atoms with Crippen LogP contribution in [-0.4, -0.2) is 41.9 Å². The highest BCUT2D eigenvalue weighted by atomic mass is 19.3. The first-order valence-corrected chi connectivity index (χ1v) is 12.6. The van der Waals surface area contributed by atoms with Crippen LogP contribution in [0.3, 0.4) is 0 Å². The molecule has 1 N–H and O–H groups in total. The largest absolute Gasteiger partial charge is 0.481 e. The van der Waals surface area contributed by atoms with Crippen LogP contribution >= 0.6 is 0 Å². The summed E-state index contributed by atoms with van der Waals surface area (Å²) < 4.78 is 58.4. The van der Waals surface area contributed by atoms with E-state index in [0.29, 0.717) is 55.4 Å². The van der Waals surface area contributed by atoms with E-state index in [2.05, 4.69) is 26.3 Å². The third-order valence-corrected chi connectivity index (χ3v) is 7.21. The Hall–Kier alpha value is -3.65. The number of rotatable bonds is 9. The zero-order valence-corrected chi connectivity index (χ0v) is 21.1. The van der Waals surface area contributed by atoms with E-state index in [0.717, 1.165) is 18.9 Å². The number of halogens is 3. The van der Waals surface area contributed by atoms with E-state index in [-0.39, 0.29) is 23.0 Å². The summed E-state index contributed by atoms with van der Waals surface area (Å²) in [5, 5.41) is 13.4. The van der Waals surface area contributed by atoms with Gasteiger partial charge in [0.25, 0.3) is 6.43 Å². The van der Waals surface area contributed by atoms with Crippen LogP contribution in [0, 0.1) is 23.1 Å². The number of pyridine rings is 1. The predicted octanol–water partition coefficient (Wildman–Crippen LogP) is 5.64. The SMILES string of the molecule is COc1nc2nc(OCC3CCOCC3)nc(N[C@H](C)c3cccc(C(F)F)c3F)c2cc1C1(C#N)CC1. The fourth-order valence-electron chi connectivity index (χ4n) is 4.72. The van der Waals surface area contributed by atoms with Gasteiger partial charge in [0, 0.05) is 24.3 Å². The van der Waals surface area contributed by atoms with Gasteiger partial charge in [-0.05, 0) is 44.6 Å². The number of aromatic nitrogens is 3. The second kappa shape index (κ2) is 10.6. The molecule has 0 unspecified atom stereocenters. The van der Waals surface area contributed by atoms with Crippen molar-refractivity contribution < 1.29 is 27.4 Å². The Balaban J connectivity index is 1.55. The van der Waals surface area contributed by atoms with E-state index >= 15 is 0 Å². The minimum atomic E-state index is -2.94. The molecule has 2 aliphatic rings. The number of methoxy groups -OCH3 is 1. The Bertz CT molecular complexity index is 1370. The van der Waals surface area contributed by atoms with Gasteiger partial charge in [0.05, 0.1) is 42.2 Å². The van der Waals surface area contributed by atoms with Gasteiger partial charge in [0.15, 0.2) is 5.65 Å². The fourth-order valence-corrected chi connectivity index (χ4v) is 4.72. The number of alkyl halides is 2. The molecule has 1 aliphatic heterocycles. The van der Waals surface area contributed by atoms with Crippen LogP contribution < -0.4 is 14.8 Å². The number of anilines is 1. The lowest BCUT2D eigenvalue weighted by molar-refractivity contribution is 0.0483. The molecule has 0 amide bonds. The van der Waals surface area contributed by atoms with Crippen LogP contribution in [0.1, 0.15) is 61.8 Å². The summed E-state index contributed by atoms with van der Waals surface area (Å²) in [6, 6.07) is 7.37. The van der Waals surface area contributed by atoms with Gasteiger partial charge in [-0.25, -0.2) is 13.2 Å². The van der Waals surface area contributed by atoms with Crippen molar-refractivity contribution in [2.24, 2.45) is 5.92 Å². The summed E-state index contributed by atoms with van der Waals surface area (Å²) in [5.41, 5.74) is -0.409. The quantitative estimate of drug-likeness (QED) is 0.381. The van der Waals surface area contributed by atoms with E-state index in [1.807, 2.05) is 0 Å². The predicted molar refractivity (Wildman–Crippen MR) is 133 cm³/mol. The third kappa shape index (κ3) is 5.05. The molecule has 1 atom stereocenters. The van der Waals surface area contributed by atoms with Gasteiger partial charge in [-0.15, -0.1) is 0 Å². The molecule has 5 rings (SSSR count). The first-order valence-electron chi connectivity index (χ1n) is 12.6. The van der Waals surface area contributed by atoms with Crippen molar-refractivity contribution in [3.05, 3.63) is 46.8 Å². The smallest absolute Gasteiger partial charge is 0.320 e. The molecular weight excluding hydrogens is 499 g/mol. The molecule has 2 fully saturated rings. The first kappa shape index (κ1) is 26.0. The van der Waals surface area contributed by atoms with Gasteiger partial charge in [-0.2, -0.15) is 20.2 Å². The van der Waals surface area contributed by atoms with Gasteiger partial charge in [-0.1, -0.05) is 18.2 Å². The monoisotopic (exact) mass is 527 g/mol. The highest BCUT2D eigenvalue weighted by Crippen LogP contribution is 2.51. The van der Waals surface area contributed by atoms with E-state index < -0.39 is 29.3 Å². The van der Waals surface area contributed by atoms with Crippen LogP contribution in [0.2, 0.25) is 0 Å². The van der Waals surface area contributed by atoms with Crippen molar-refractivity contribution in [3.8, 4) is 18.0 Å². The Morgan fingerprint density at radius 1 is 1.18 bits per heavy atom. The fraction of sp³-hybridized carbons (Fsp3) is 0.481. The normalized spacial score (nSPS) is 17.7. The Kier molecular flexibility index (Phi) is 7.25. The minimum absolute atomic E-state index is 0.0663. The average molecular weight is 528 g/mol. The van der Waals surface area contributed by atoms with Crippen molar-refractivity contribution in [2.75, 3.05) is 32.2 Å². The number of hydrogen-bond acceptors (Lipinski definition) is 8. The zero-order valence-electron chi connectivity index (χ0n) is 21.1.